The van der Waals surface area contributed by atoms with Crippen molar-refractivity contribution >= 4 is 17.2 Å². The van der Waals surface area contributed by atoms with Gasteiger partial charge in [-0.25, -0.2) is 9.78 Å². The molecular weight excluding hydrogens is 384 g/mol. The van der Waals surface area contributed by atoms with Crippen LogP contribution in [0.3, 0.4) is 0 Å². The third-order valence-corrected chi connectivity index (χ3v) is 5.10. The van der Waals surface area contributed by atoms with E-state index in [-0.39, 0.29) is 12.0 Å². The van der Waals surface area contributed by atoms with Crippen molar-refractivity contribution in [1.29, 1.82) is 0 Å². The summed E-state index contributed by atoms with van der Waals surface area (Å²) in [5, 5.41) is 0. The van der Waals surface area contributed by atoms with Crippen LogP contribution in [0.2, 0.25) is 0 Å². The van der Waals surface area contributed by atoms with Crippen molar-refractivity contribution in [1.82, 2.24) is 19.9 Å². The van der Waals surface area contributed by atoms with Crippen LogP contribution in [0.15, 0.2) is 35.3 Å². The maximum atomic E-state index is 12.3. The van der Waals surface area contributed by atoms with Gasteiger partial charge in [-0.15, -0.1) is 0 Å². The molecule has 0 bridgehead atoms. The Morgan fingerprint density at radius 1 is 1.20 bits per heavy atom. The first-order chi connectivity index (χ1) is 14.3. The van der Waals surface area contributed by atoms with Crippen molar-refractivity contribution in [2.45, 2.75) is 52.1 Å². The summed E-state index contributed by atoms with van der Waals surface area (Å²) >= 11 is 0. The molecule has 1 aliphatic heterocycles. The fourth-order valence-electron chi connectivity index (χ4n) is 3.59. The molecule has 0 radical (unpaired) electrons. The number of ether oxygens (including phenoxy) is 2. The van der Waals surface area contributed by atoms with E-state index < -0.39 is 5.60 Å². The molecular formula is C22H26N4O4. The number of aryl methyl sites for hydroxylation is 1. The van der Waals surface area contributed by atoms with Crippen LogP contribution in [-0.4, -0.2) is 44.6 Å². The van der Waals surface area contributed by atoms with Gasteiger partial charge >= 0.3 is 6.09 Å². The Balaban J connectivity index is 1.50. The molecule has 30 heavy (non-hydrogen) atoms. The molecule has 0 spiro atoms. The predicted octanol–water partition coefficient (Wildman–Crippen LogP) is 4.83. The smallest absolute Gasteiger partial charge is 0.410 e. The summed E-state index contributed by atoms with van der Waals surface area (Å²) in [6, 6.07) is 3.65. The lowest BCUT2D eigenvalue weighted by Gasteiger charge is -2.33. The molecule has 0 saturated carbocycles. The fraction of sp³-hybridized carbons (Fsp3) is 0.455. The van der Waals surface area contributed by atoms with Crippen molar-refractivity contribution in [3.05, 3.63) is 42.2 Å². The molecule has 158 valence electrons. The number of hydrogen-bond acceptors (Lipinski definition) is 7. The minimum Gasteiger partial charge on any atom is -0.457 e. The molecule has 0 aliphatic carbocycles. The van der Waals surface area contributed by atoms with Crippen LogP contribution >= 0.6 is 0 Å². The number of fused-ring (bicyclic) bond motifs is 1. The highest BCUT2D eigenvalue weighted by molar-refractivity contribution is 5.81. The van der Waals surface area contributed by atoms with E-state index in [1.54, 1.807) is 17.4 Å². The second-order valence-corrected chi connectivity index (χ2v) is 8.48. The molecule has 3 aromatic rings. The van der Waals surface area contributed by atoms with Crippen molar-refractivity contribution in [3.8, 4) is 11.6 Å². The molecule has 0 N–H and O–H groups in total. The lowest BCUT2D eigenvalue weighted by atomic mass is 9.90. The van der Waals surface area contributed by atoms with Gasteiger partial charge in [0.1, 0.15) is 17.4 Å². The van der Waals surface area contributed by atoms with Crippen molar-refractivity contribution < 1.29 is 18.7 Å². The van der Waals surface area contributed by atoms with Gasteiger partial charge in [0.25, 0.3) is 5.88 Å². The van der Waals surface area contributed by atoms with Gasteiger partial charge in [-0.1, -0.05) is 0 Å². The molecule has 8 heteroatoms. The van der Waals surface area contributed by atoms with E-state index in [1.807, 2.05) is 39.8 Å². The third-order valence-electron chi connectivity index (χ3n) is 5.10. The summed E-state index contributed by atoms with van der Waals surface area (Å²) in [5.74, 6) is 1.24. The molecule has 4 rings (SSSR count). The standard InChI is InChI=1S/C22H26N4O4/c1-14-17(6-5-9-23-14)29-20-19-18(24-13-25-20)16(12-28-19)15-7-10-26(11-8-15)21(27)30-22(2,3)4/h5-6,9,12-13,15H,7-8,10-11H2,1-4H3. The van der Waals surface area contributed by atoms with E-state index in [4.69, 9.17) is 13.9 Å². The second-order valence-electron chi connectivity index (χ2n) is 8.48. The van der Waals surface area contributed by atoms with Gasteiger partial charge in [0, 0.05) is 24.8 Å². The van der Waals surface area contributed by atoms with Crippen LogP contribution in [0.25, 0.3) is 11.1 Å². The quantitative estimate of drug-likeness (QED) is 0.610. The second kappa shape index (κ2) is 7.93. The normalized spacial score (nSPS) is 15.4. The average Bonchev–Trinajstić information content (AvgIpc) is 3.14. The highest BCUT2D eigenvalue weighted by atomic mass is 16.6. The van der Waals surface area contributed by atoms with Crippen molar-refractivity contribution in [3.63, 3.8) is 0 Å². The van der Waals surface area contributed by atoms with Crippen LogP contribution in [0, 0.1) is 6.92 Å². The predicted molar refractivity (Wildman–Crippen MR) is 111 cm³/mol. The zero-order valence-corrected chi connectivity index (χ0v) is 17.7. The lowest BCUT2D eigenvalue weighted by molar-refractivity contribution is 0.0205. The summed E-state index contributed by atoms with van der Waals surface area (Å²) in [4.78, 5) is 27.0. The minimum atomic E-state index is -0.491. The number of furan rings is 1. The molecule has 3 aromatic heterocycles. The zero-order valence-electron chi connectivity index (χ0n) is 17.7. The summed E-state index contributed by atoms with van der Waals surface area (Å²) < 4.78 is 17.2. The van der Waals surface area contributed by atoms with E-state index in [9.17, 15) is 4.79 Å². The summed E-state index contributed by atoms with van der Waals surface area (Å²) in [6.07, 6.45) is 6.30. The maximum Gasteiger partial charge on any atom is 0.410 e. The van der Waals surface area contributed by atoms with Gasteiger partial charge in [-0.2, -0.15) is 4.98 Å². The lowest BCUT2D eigenvalue weighted by Crippen LogP contribution is -2.41. The Labute approximate surface area is 175 Å². The third kappa shape index (κ3) is 4.22. The number of likely N-dealkylation sites (tertiary alicyclic amines) is 1. The van der Waals surface area contributed by atoms with Crippen molar-refractivity contribution in [2.24, 2.45) is 0 Å². The highest BCUT2D eigenvalue weighted by Gasteiger charge is 2.30. The summed E-state index contributed by atoms with van der Waals surface area (Å²) in [7, 11) is 0. The first-order valence-electron chi connectivity index (χ1n) is 10.1. The molecule has 1 saturated heterocycles. The Kier molecular flexibility index (Phi) is 5.32. The summed E-state index contributed by atoms with van der Waals surface area (Å²) in [5.41, 5.74) is 2.56. The monoisotopic (exact) mass is 410 g/mol. The molecule has 0 atom stereocenters. The Hall–Kier alpha value is -3.16. The number of carbonyl (C=O) groups is 1. The van der Waals surface area contributed by atoms with Crippen LogP contribution in [0.5, 0.6) is 11.6 Å². The van der Waals surface area contributed by atoms with Gasteiger partial charge in [-0.3, -0.25) is 4.98 Å². The first-order valence-corrected chi connectivity index (χ1v) is 10.1. The first kappa shape index (κ1) is 20.1. The Morgan fingerprint density at radius 3 is 2.67 bits per heavy atom. The van der Waals surface area contributed by atoms with Crippen LogP contribution in [0.1, 0.15) is 50.8 Å². The SMILES string of the molecule is Cc1ncccc1Oc1ncnc2c(C3CCN(C(=O)OC(C)(C)C)CC3)coc12. The molecule has 1 amide bonds. The van der Waals surface area contributed by atoms with E-state index >= 15 is 0 Å². The number of aromatic nitrogens is 3. The molecule has 1 aliphatic rings. The van der Waals surface area contributed by atoms with Crippen LogP contribution < -0.4 is 4.74 Å². The molecule has 8 nitrogen and oxygen atoms in total. The van der Waals surface area contributed by atoms with Gasteiger partial charge in [0.2, 0.25) is 5.58 Å². The van der Waals surface area contributed by atoms with Gasteiger partial charge < -0.3 is 18.8 Å². The van der Waals surface area contributed by atoms with Gasteiger partial charge in [0.05, 0.1) is 12.0 Å². The van der Waals surface area contributed by atoms with Gasteiger partial charge in [0.15, 0.2) is 5.75 Å². The molecule has 0 unspecified atom stereocenters. The summed E-state index contributed by atoms with van der Waals surface area (Å²) in [6.45, 7) is 8.77. The number of hydrogen-bond donors (Lipinski definition) is 0. The van der Waals surface area contributed by atoms with Crippen molar-refractivity contribution in [2.75, 3.05) is 13.1 Å². The van der Waals surface area contributed by atoms with Gasteiger partial charge in [-0.05, 0) is 58.6 Å². The Bertz CT molecular complexity index is 1050. The van der Waals surface area contributed by atoms with E-state index in [1.165, 1.54) is 6.33 Å². The maximum absolute atomic E-state index is 12.3. The van der Waals surface area contributed by atoms with Crippen LogP contribution in [-0.2, 0) is 4.74 Å². The van der Waals surface area contributed by atoms with Crippen LogP contribution in [0.4, 0.5) is 4.79 Å². The largest absolute Gasteiger partial charge is 0.457 e. The van der Waals surface area contributed by atoms with E-state index in [0.29, 0.717) is 30.3 Å². The minimum absolute atomic E-state index is 0.243. The number of rotatable bonds is 3. The molecule has 1 fully saturated rings. The highest BCUT2D eigenvalue weighted by Crippen LogP contribution is 2.37. The average molecular weight is 410 g/mol. The Morgan fingerprint density at radius 2 is 1.97 bits per heavy atom. The number of carbonyl (C=O) groups excluding carboxylic acids is 1. The fourth-order valence-corrected chi connectivity index (χ4v) is 3.59. The number of pyridine rings is 1. The molecule has 0 aromatic carbocycles. The van der Waals surface area contributed by atoms with E-state index in [0.717, 1.165) is 29.6 Å². The topological polar surface area (TPSA) is 90.6 Å². The number of amides is 1. The van der Waals surface area contributed by atoms with E-state index in [2.05, 4.69) is 15.0 Å². The zero-order chi connectivity index (χ0) is 21.3. The number of piperidine rings is 1. The molecule has 4 heterocycles. The number of nitrogens with zero attached hydrogens (tertiary/aromatic N) is 4.